The van der Waals surface area contributed by atoms with E-state index in [0.29, 0.717) is 22.8 Å². The molecule has 1 heterocycles. The van der Waals surface area contributed by atoms with Crippen molar-refractivity contribution in [3.63, 3.8) is 0 Å². The number of nitrogens with zero attached hydrogens (tertiary/aromatic N) is 1. The first-order chi connectivity index (χ1) is 13.0. The molecule has 2 aromatic rings. The molecule has 1 atom stereocenters. The molecule has 1 saturated heterocycles. The molecule has 3 rings (SSSR count). The number of nitrogens with one attached hydrogen (secondary N) is 2. The van der Waals surface area contributed by atoms with Gasteiger partial charge in [-0.1, -0.05) is 18.2 Å². The maximum atomic E-state index is 12.6. The van der Waals surface area contributed by atoms with Crippen LogP contribution in [0.4, 0.5) is 17.1 Å². The predicted molar refractivity (Wildman–Crippen MR) is 103 cm³/mol. The van der Waals surface area contributed by atoms with Gasteiger partial charge in [-0.25, -0.2) is 0 Å². The third kappa shape index (κ3) is 4.25. The van der Waals surface area contributed by atoms with Gasteiger partial charge in [0.25, 0.3) is 0 Å². The number of hydrogen-bond acceptors (Lipinski definition) is 4. The normalized spacial score (nSPS) is 16.1. The first-order valence-corrected chi connectivity index (χ1v) is 8.60. The lowest BCUT2D eigenvalue weighted by Gasteiger charge is -2.19. The quantitative estimate of drug-likeness (QED) is 0.850. The molecule has 1 aliphatic heterocycles. The second-order valence-electron chi connectivity index (χ2n) is 6.33. The zero-order valence-corrected chi connectivity index (χ0v) is 15.2. The molecule has 0 unspecified atom stereocenters. The zero-order chi connectivity index (χ0) is 19.4. The molecule has 1 fully saturated rings. The Morgan fingerprint density at radius 2 is 1.78 bits per heavy atom. The van der Waals surface area contributed by atoms with E-state index in [2.05, 4.69) is 10.6 Å². The van der Waals surface area contributed by atoms with Crippen LogP contribution in [0.1, 0.15) is 13.3 Å². The number of carbonyl (C=O) groups is 3. The van der Waals surface area contributed by atoms with Crippen molar-refractivity contribution >= 4 is 34.8 Å². The smallest absolute Gasteiger partial charge is 0.229 e. The summed E-state index contributed by atoms with van der Waals surface area (Å²) < 4.78 is 5.31. The van der Waals surface area contributed by atoms with Crippen LogP contribution in [-0.4, -0.2) is 31.4 Å². The van der Waals surface area contributed by atoms with E-state index >= 15 is 0 Å². The lowest BCUT2D eigenvalue weighted by molar-refractivity contribution is -0.122. The Morgan fingerprint density at radius 1 is 1.07 bits per heavy atom. The molecule has 7 heteroatoms. The minimum absolute atomic E-state index is 0.119. The average molecular weight is 367 g/mol. The van der Waals surface area contributed by atoms with Crippen molar-refractivity contribution in [1.29, 1.82) is 0 Å². The lowest BCUT2D eigenvalue weighted by Crippen LogP contribution is -2.28. The molecule has 0 aromatic heterocycles. The average Bonchev–Trinajstić information content (AvgIpc) is 3.03. The Bertz CT molecular complexity index is 881. The van der Waals surface area contributed by atoms with Crippen LogP contribution in [0.3, 0.4) is 0 Å². The summed E-state index contributed by atoms with van der Waals surface area (Å²) in [4.78, 5) is 37.8. The molecular formula is C20H21N3O4. The van der Waals surface area contributed by atoms with Crippen LogP contribution in [0.5, 0.6) is 5.75 Å². The number of rotatable bonds is 5. The minimum atomic E-state index is -0.466. The number of anilines is 3. The highest BCUT2D eigenvalue weighted by Gasteiger charge is 2.36. The monoisotopic (exact) mass is 367 g/mol. The molecule has 0 saturated carbocycles. The van der Waals surface area contributed by atoms with Crippen LogP contribution in [0.15, 0.2) is 48.5 Å². The number of para-hydroxylation sites is 2. The molecule has 2 N–H and O–H groups in total. The van der Waals surface area contributed by atoms with E-state index in [1.807, 2.05) is 12.1 Å². The van der Waals surface area contributed by atoms with E-state index in [1.54, 1.807) is 48.4 Å². The van der Waals surface area contributed by atoms with Gasteiger partial charge in [0.1, 0.15) is 5.75 Å². The highest BCUT2D eigenvalue weighted by molar-refractivity contribution is 6.04. The highest BCUT2D eigenvalue weighted by Crippen LogP contribution is 2.33. The van der Waals surface area contributed by atoms with Gasteiger partial charge in [-0.2, -0.15) is 0 Å². The van der Waals surface area contributed by atoms with Crippen molar-refractivity contribution in [2.24, 2.45) is 5.92 Å². The van der Waals surface area contributed by atoms with Gasteiger partial charge < -0.3 is 20.3 Å². The van der Waals surface area contributed by atoms with E-state index < -0.39 is 5.92 Å². The van der Waals surface area contributed by atoms with Gasteiger partial charge in [0, 0.05) is 31.3 Å². The van der Waals surface area contributed by atoms with Crippen molar-refractivity contribution in [1.82, 2.24) is 0 Å². The lowest BCUT2D eigenvalue weighted by atomic mass is 10.1. The van der Waals surface area contributed by atoms with Gasteiger partial charge in [0.15, 0.2) is 0 Å². The summed E-state index contributed by atoms with van der Waals surface area (Å²) in [5.74, 6) is -0.415. The Balaban J connectivity index is 1.70. The fourth-order valence-corrected chi connectivity index (χ4v) is 3.09. The van der Waals surface area contributed by atoms with Gasteiger partial charge in [0.2, 0.25) is 17.7 Å². The van der Waals surface area contributed by atoms with Crippen molar-refractivity contribution in [3.05, 3.63) is 48.5 Å². The minimum Gasteiger partial charge on any atom is -0.495 e. The summed E-state index contributed by atoms with van der Waals surface area (Å²) in [6, 6.07) is 14.1. The van der Waals surface area contributed by atoms with Gasteiger partial charge in [-0.05, 0) is 30.3 Å². The van der Waals surface area contributed by atoms with E-state index in [9.17, 15) is 14.4 Å². The van der Waals surface area contributed by atoms with Crippen LogP contribution in [-0.2, 0) is 14.4 Å². The maximum absolute atomic E-state index is 12.6. The predicted octanol–water partition coefficient (Wildman–Crippen LogP) is 2.65. The van der Waals surface area contributed by atoms with Gasteiger partial charge >= 0.3 is 0 Å². The summed E-state index contributed by atoms with van der Waals surface area (Å²) in [5.41, 5.74) is 1.82. The van der Waals surface area contributed by atoms with Gasteiger partial charge in [-0.15, -0.1) is 0 Å². The van der Waals surface area contributed by atoms with Crippen molar-refractivity contribution < 1.29 is 19.1 Å². The number of ether oxygens (including phenoxy) is 1. The zero-order valence-electron chi connectivity index (χ0n) is 15.2. The van der Waals surface area contributed by atoms with E-state index in [-0.39, 0.29) is 30.7 Å². The molecule has 3 amide bonds. The van der Waals surface area contributed by atoms with Crippen LogP contribution >= 0.6 is 0 Å². The topological polar surface area (TPSA) is 87.7 Å². The number of hydrogen-bond donors (Lipinski definition) is 2. The van der Waals surface area contributed by atoms with Crippen molar-refractivity contribution in [3.8, 4) is 5.75 Å². The largest absolute Gasteiger partial charge is 0.495 e. The van der Waals surface area contributed by atoms with Crippen LogP contribution < -0.4 is 20.3 Å². The number of amides is 3. The standard InChI is InChI=1S/C20H21N3O4/c1-13(24)21-15-6-5-7-16(11-15)22-20(26)14-10-19(25)23(12-14)17-8-3-4-9-18(17)27-2/h3-9,11,14H,10,12H2,1-2H3,(H,21,24)(H,22,26)/t14-/m0/s1. The molecule has 7 nitrogen and oxygen atoms in total. The summed E-state index contributed by atoms with van der Waals surface area (Å²) in [6.45, 7) is 1.71. The number of benzene rings is 2. The van der Waals surface area contributed by atoms with E-state index in [0.717, 1.165) is 0 Å². The third-order valence-corrected chi connectivity index (χ3v) is 4.32. The Morgan fingerprint density at radius 3 is 2.48 bits per heavy atom. The molecule has 0 bridgehead atoms. The van der Waals surface area contributed by atoms with Crippen LogP contribution in [0, 0.1) is 5.92 Å². The van der Waals surface area contributed by atoms with Crippen LogP contribution in [0.2, 0.25) is 0 Å². The molecule has 140 valence electrons. The summed E-state index contributed by atoms with van der Waals surface area (Å²) in [5, 5.41) is 5.49. The first-order valence-electron chi connectivity index (χ1n) is 8.60. The third-order valence-electron chi connectivity index (χ3n) is 4.32. The molecule has 27 heavy (non-hydrogen) atoms. The van der Waals surface area contributed by atoms with Crippen molar-refractivity contribution in [2.75, 3.05) is 29.2 Å². The maximum Gasteiger partial charge on any atom is 0.229 e. The number of methoxy groups -OCH3 is 1. The summed E-state index contributed by atoms with van der Waals surface area (Å²) in [6.07, 6.45) is 0.134. The molecule has 0 spiro atoms. The Kier molecular flexibility index (Phi) is 5.40. The summed E-state index contributed by atoms with van der Waals surface area (Å²) in [7, 11) is 1.55. The van der Waals surface area contributed by atoms with E-state index in [4.69, 9.17) is 4.74 Å². The second kappa shape index (κ2) is 7.90. The molecule has 0 aliphatic carbocycles. The van der Waals surface area contributed by atoms with Crippen molar-refractivity contribution in [2.45, 2.75) is 13.3 Å². The fourth-order valence-electron chi connectivity index (χ4n) is 3.09. The molecule has 1 aliphatic rings. The molecule has 2 aromatic carbocycles. The SMILES string of the molecule is COc1ccccc1N1C[C@@H](C(=O)Nc2cccc(NC(C)=O)c2)CC1=O. The molecule has 0 radical (unpaired) electrons. The number of carbonyl (C=O) groups excluding carboxylic acids is 3. The molecular weight excluding hydrogens is 346 g/mol. The first kappa shape index (κ1) is 18.4. The Labute approximate surface area is 157 Å². The van der Waals surface area contributed by atoms with E-state index in [1.165, 1.54) is 6.92 Å². The fraction of sp³-hybridized carbons (Fsp3) is 0.250. The van der Waals surface area contributed by atoms with Gasteiger partial charge in [-0.3, -0.25) is 14.4 Å². The summed E-state index contributed by atoms with van der Waals surface area (Å²) >= 11 is 0. The Hall–Kier alpha value is -3.35. The van der Waals surface area contributed by atoms with Gasteiger partial charge in [0.05, 0.1) is 18.7 Å². The highest BCUT2D eigenvalue weighted by atomic mass is 16.5. The second-order valence-corrected chi connectivity index (χ2v) is 6.33. The van der Waals surface area contributed by atoms with Crippen LogP contribution in [0.25, 0.3) is 0 Å².